The summed E-state index contributed by atoms with van der Waals surface area (Å²) in [5.41, 5.74) is 11.2. The van der Waals surface area contributed by atoms with E-state index in [0.717, 1.165) is 13.8 Å². The van der Waals surface area contributed by atoms with Crippen molar-refractivity contribution in [1.82, 2.24) is 4.90 Å². The Morgan fingerprint density at radius 1 is 0.889 bits per heavy atom. The molecule has 5 N–H and O–H groups in total. The van der Waals surface area contributed by atoms with Gasteiger partial charge in [0.2, 0.25) is 5.96 Å². The summed E-state index contributed by atoms with van der Waals surface area (Å²) in [6.07, 6.45) is 0.289. The van der Waals surface area contributed by atoms with Crippen LogP contribution in [0.1, 0.15) is 47.4 Å². The second-order valence-electron chi connectivity index (χ2n) is 7.45. The monoisotopic (exact) mass is 498 g/mol. The minimum atomic E-state index is -1.18. The number of guanidine groups is 1. The third-order valence-corrected chi connectivity index (χ3v) is 4.64. The first kappa shape index (κ1) is 27.7. The fraction of sp³-hybridized carbons (Fsp3) is 0.250. The minimum absolute atomic E-state index is 0.0406. The number of amides is 2. The Balaban J connectivity index is 2.49. The number of esters is 2. The largest absolute Gasteiger partial charge is 0.480 e. The van der Waals surface area contributed by atoms with E-state index in [2.05, 4.69) is 4.99 Å². The van der Waals surface area contributed by atoms with Crippen molar-refractivity contribution in [2.24, 2.45) is 16.5 Å². The fourth-order valence-electron chi connectivity index (χ4n) is 3.01. The fourth-order valence-corrected chi connectivity index (χ4v) is 3.01. The van der Waals surface area contributed by atoms with E-state index < -0.39 is 41.7 Å². The Kier molecular flexibility index (Phi) is 9.81. The lowest BCUT2D eigenvalue weighted by Gasteiger charge is -2.22. The van der Waals surface area contributed by atoms with Gasteiger partial charge in [0, 0.05) is 20.4 Å². The summed E-state index contributed by atoms with van der Waals surface area (Å²) >= 11 is 0. The number of hydrogen-bond acceptors (Lipinski definition) is 9. The van der Waals surface area contributed by atoms with Crippen molar-refractivity contribution in [3.8, 4) is 11.5 Å². The highest BCUT2D eigenvalue weighted by molar-refractivity contribution is 6.22. The molecule has 1 atom stereocenters. The normalized spacial score (nSPS) is 11.8. The maximum absolute atomic E-state index is 13.5. The van der Waals surface area contributed by atoms with Gasteiger partial charge >= 0.3 is 17.9 Å². The molecular formula is C24H26N4O8. The highest BCUT2D eigenvalue weighted by Gasteiger charge is 2.31. The molecule has 0 fully saturated rings. The van der Waals surface area contributed by atoms with E-state index in [9.17, 15) is 24.0 Å². The Morgan fingerprint density at radius 2 is 1.33 bits per heavy atom. The molecule has 12 heteroatoms. The Hall–Kier alpha value is -4.58. The first-order valence-corrected chi connectivity index (χ1v) is 10.7. The van der Waals surface area contributed by atoms with Gasteiger partial charge in [0.25, 0.3) is 11.8 Å². The second kappa shape index (κ2) is 12.8. The molecule has 12 nitrogen and oxygen atoms in total. The van der Waals surface area contributed by atoms with Gasteiger partial charge in [0.1, 0.15) is 17.5 Å². The van der Waals surface area contributed by atoms with Crippen LogP contribution in [0.5, 0.6) is 11.5 Å². The highest BCUT2D eigenvalue weighted by atomic mass is 16.5. The van der Waals surface area contributed by atoms with Gasteiger partial charge in [-0.1, -0.05) is 24.3 Å². The van der Waals surface area contributed by atoms with Crippen LogP contribution in [0.2, 0.25) is 0 Å². The van der Waals surface area contributed by atoms with Gasteiger partial charge in [0.05, 0.1) is 11.1 Å². The summed E-state index contributed by atoms with van der Waals surface area (Å²) in [5, 5.41) is 8.90. The number of rotatable bonds is 9. The minimum Gasteiger partial charge on any atom is -0.480 e. The number of carbonyl (C=O) groups is 5. The van der Waals surface area contributed by atoms with Gasteiger partial charge in [0.15, 0.2) is 0 Å². The molecule has 0 aromatic heterocycles. The summed E-state index contributed by atoms with van der Waals surface area (Å²) in [6, 6.07) is 10.3. The molecule has 0 aliphatic carbocycles. The van der Waals surface area contributed by atoms with E-state index in [1.54, 1.807) is 0 Å². The molecular weight excluding hydrogens is 472 g/mol. The van der Waals surface area contributed by atoms with Gasteiger partial charge in [-0.15, -0.1) is 0 Å². The standard InChI is InChI=1S/C24H26N4O8/c1-14(29)35-19-11-5-3-8-16(19)21(31)28(24(26)27-13-7-10-18(25)23(33)34)22(32)17-9-4-6-12-20(17)36-15(2)30/h3-6,8-9,11-12,18H,7,10,13,25H2,1-2H3,(H2,26,27)(H,33,34). The number of aliphatic carboxylic acids is 1. The van der Waals surface area contributed by atoms with Crippen LogP contribution in [-0.2, 0) is 14.4 Å². The lowest BCUT2D eigenvalue weighted by atomic mass is 10.1. The van der Waals surface area contributed by atoms with E-state index in [1.165, 1.54) is 48.5 Å². The maximum atomic E-state index is 13.5. The smallest absolute Gasteiger partial charge is 0.320 e. The predicted molar refractivity (Wildman–Crippen MR) is 127 cm³/mol. The molecule has 0 spiro atoms. The SMILES string of the molecule is CC(=O)Oc1ccccc1C(=O)N(C(=O)c1ccccc1OC(C)=O)C(N)=NCCCC(N)C(=O)O. The van der Waals surface area contributed by atoms with Crippen molar-refractivity contribution in [2.45, 2.75) is 32.7 Å². The quantitative estimate of drug-likeness (QED) is 0.113. The molecule has 1 unspecified atom stereocenters. The van der Waals surface area contributed by atoms with E-state index >= 15 is 0 Å². The van der Waals surface area contributed by atoms with Gasteiger partial charge < -0.3 is 26.0 Å². The number of nitrogens with zero attached hydrogens (tertiary/aromatic N) is 2. The molecule has 0 heterocycles. The zero-order valence-corrected chi connectivity index (χ0v) is 19.7. The van der Waals surface area contributed by atoms with Crippen LogP contribution in [0.4, 0.5) is 0 Å². The first-order valence-electron chi connectivity index (χ1n) is 10.7. The number of carbonyl (C=O) groups excluding carboxylic acids is 4. The van der Waals surface area contributed by atoms with Crippen molar-refractivity contribution < 1.29 is 38.6 Å². The lowest BCUT2D eigenvalue weighted by Crippen LogP contribution is -2.46. The lowest BCUT2D eigenvalue weighted by molar-refractivity contribution is -0.138. The van der Waals surface area contributed by atoms with Crippen LogP contribution < -0.4 is 20.9 Å². The van der Waals surface area contributed by atoms with E-state index in [1.807, 2.05) is 0 Å². The highest BCUT2D eigenvalue weighted by Crippen LogP contribution is 2.24. The molecule has 190 valence electrons. The molecule has 0 aliphatic heterocycles. The van der Waals surface area contributed by atoms with Crippen LogP contribution in [0.3, 0.4) is 0 Å². The molecule has 36 heavy (non-hydrogen) atoms. The van der Waals surface area contributed by atoms with Gasteiger partial charge in [-0.3, -0.25) is 29.0 Å². The number of ether oxygens (including phenoxy) is 2. The van der Waals surface area contributed by atoms with Crippen molar-refractivity contribution in [1.29, 1.82) is 0 Å². The summed E-state index contributed by atoms with van der Waals surface area (Å²) in [5.74, 6) is -5.21. The number of carboxylic acids is 1. The predicted octanol–water partition coefficient (Wildman–Crippen LogP) is 1.33. The van der Waals surface area contributed by atoms with Crippen LogP contribution in [0.25, 0.3) is 0 Å². The third kappa shape index (κ3) is 7.46. The van der Waals surface area contributed by atoms with Gasteiger partial charge in [-0.05, 0) is 37.1 Å². The number of aliphatic imine (C=N–C) groups is 1. The summed E-state index contributed by atoms with van der Waals surface area (Å²) in [6.45, 7) is 2.26. The van der Waals surface area contributed by atoms with Gasteiger partial charge in [-0.2, -0.15) is 0 Å². The summed E-state index contributed by atoms with van der Waals surface area (Å²) in [4.78, 5) is 65.5. The zero-order chi connectivity index (χ0) is 26.8. The Labute approximate surface area is 206 Å². The number of imide groups is 1. The van der Waals surface area contributed by atoms with E-state index in [-0.39, 0.29) is 42.0 Å². The van der Waals surface area contributed by atoms with Crippen LogP contribution >= 0.6 is 0 Å². The van der Waals surface area contributed by atoms with Gasteiger partial charge in [-0.25, -0.2) is 4.90 Å². The summed E-state index contributed by atoms with van der Waals surface area (Å²) < 4.78 is 10.2. The molecule has 0 aliphatic rings. The molecule has 2 rings (SSSR count). The maximum Gasteiger partial charge on any atom is 0.320 e. The van der Waals surface area contributed by atoms with Crippen molar-refractivity contribution in [3.63, 3.8) is 0 Å². The second-order valence-corrected chi connectivity index (χ2v) is 7.45. The number of carboxylic acid groups (broad SMARTS) is 1. The van der Waals surface area contributed by atoms with Crippen molar-refractivity contribution in [3.05, 3.63) is 59.7 Å². The number of benzene rings is 2. The molecule has 2 amide bonds. The number of hydrogen-bond donors (Lipinski definition) is 3. The molecule has 0 saturated heterocycles. The number of nitrogens with two attached hydrogens (primary N) is 2. The van der Waals surface area contributed by atoms with Crippen molar-refractivity contribution >= 4 is 35.7 Å². The zero-order valence-electron chi connectivity index (χ0n) is 19.7. The average Bonchev–Trinajstić information content (AvgIpc) is 2.81. The Morgan fingerprint density at radius 3 is 1.75 bits per heavy atom. The van der Waals surface area contributed by atoms with Crippen LogP contribution in [0, 0.1) is 0 Å². The molecule has 0 bridgehead atoms. The van der Waals surface area contributed by atoms with Crippen LogP contribution in [-0.4, -0.2) is 58.3 Å². The summed E-state index contributed by atoms with van der Waals surface area (Å²) in [7, 11) is 0. The third-order valence-electron chi connectivity index (χ3n) is 4.64. The molecule has 2 aromatic carbocycles. The van der Waals surface area contributed by atoms with Crippen LogP contribution in [0.15, 0.2) is 53.5 Å². The molecule has 0 radical (unpaired) electrons. The average molecular weight is 498 g/mol. The first-order chi connectivity index (χ1) is 17.0. The van der Waals surface area contributed by atoms with E-state index in [4.69, 9.17) is 26.0 Å². The van der Waals surface area contributed by atoms with E-state index in [0.29, 0.717) is 4.90 Å². The Bertz CT molecular complexity index is 1120. The molecule has 0 saturated carbocycles. The number of para-hydroxylation sites is 2. The van der Waals surface area contributed by atoms with Crippen molar-refractivity contribution in [2.75, 3.05) is 6.54 Å². The molecule has 2 aromatic rings. The topological polar surface area (TPSA) is 192 Å².